The van der Waals surface area contributed by atoms with Gasteiger partial charge in [-0.3, -0.25) is 9.59 Å². The van der Waals surface area contributed by atoms with Gasteiger partial charge in [0.2, 0.25) is 5.91 Å². The van der Waals surface area contributed by atoms with E-state index in [1.165, 1.54) is 0 Å². The predicted octanol–water partition coefficient (Wildman–Crippen LogP) is 1.61. The van der Waals surface area contributed by atoms with E-state index >= 15 is 0 Å². The van der Waals surface area contributed by atoms with E-state index in [4.69, 9.17) is 10.8 Å². The van der Waals surface area contributed by atoms with E-state index in [0.717, 1.165) is 45.1 Å². The molecule has 1 heterocycles. The molecule has 0 aromatic rings. The van der Waals surface area contributed by atoms with Crippen LogP contribution in [-0.2, 0) is 9.59 Å². The lowest BCUT2D eigenvalue weighted by Crippen LogP contribution is -2.50. The average Bonchev–Trinajstić information content (AvgIpc) is 2.94. The fraction of sp³-hybridized carbons (Fsp3) is 0.867. The largest absolute Gasteiger partial charge is 0.481 e. The number of nitrogens with two attached hydrogens (primary N) is 1. The highest BCUT2D eigenvalue weighted by atomic mass is 16.4. The number of carbonyl (C=O) groups is 2. The van der Waals surface area contributed by atoms with Crippen LogP contribution in [0.15, 0.2) is 0 Å². The first kappa shape index (κ1) is 15.3. The first-order chi connectivity index (χ1) is 9.57. The van der Waals surface area contributed by atoms with Gasteiger partial charge in [-0.2, -0.15) is 0 Å². The summed E-state index contributed by atoms with van der Waals surface area (Å²) in [5, 5.41) is 8.77. The fourth-order valence-electron chi connectivity index (χ4n) is 3.71. The number of piperidine rings is 1. The number of amides is 1. The molecule has 1 aliphatic heterocycles. The van der Waals surface area contributed by atoms with Crippen LogP contribution in [0, 0.1) is 11.3 Å². The van der Waals surface area contributed by atoms with Gasteiger partial charge in [-0.1, -0.05) is 12.8 Å². The molecule has 114 valence electrons. The average molecular weight is 282 g/mol. The second kappa shape index (κ2) is 6.57. The summed E-state index contributed by atoms with van der Waals surface area (Å²) in [7, 11) is 0. The maximum absolute atomic E-state index is 12.8. The first-order valence-corrected chi connectivity index (χ1v) is 7.79. The summed E-state index contributed by atoms with van der Waals surface area (Å²) in [6.07, 6.45) is 6.92. The van der Waals surface area contributed by atoms with Crippen molar-refractivity contribution in [3.63, 3.8) is 0 Å². The van der Waals surface area contributed by atoms with Crippen molar-refractivity contribution in [2.75, 3.05) is 19.6 Å². The van der Waals surface area contributed by atoms with Gasteiger partial charge in [0.15, 0.2) is 0 Å². The predicted molar refractivity (Wildman–Crippen MR) is 76.1 cm³/mol. The Balaban J connectivity index is 1.94. The van der Waals surface area contributed by atoms with Crippen molar-refractivity contribution in [2.24, 2.45) is 17.1 Å². The van der Waals surface area contributed by atoms with Gasteiger partial charge < -0.3 is 15.7 Å². The van der Waals surface area contributed by atoms with E-state index in [0.29, 0.717) is 25.4 Å². The molecule has 1 amide bonds. The Hall–Kier alpha value is -1.10. The summed E-state index contributed by atoms with van der Waals surface area (Å²) in [5.74, 6) is -0.194. The number of nitrogens with zero attached hydrogens (tertiary/aromatic N) is 1. The lowest BCUT2D eigenvalue weighted by Gasteiger charge is -2.38. The maximum Gasteiger partial charge on any atom is 0.303 e. The van der Waals surface area contributed by atoms with Crippen LogP contribution in [0.1, 0.15) is 51.4 Å². The molecule has 0 spiro atoms. The van der Waals surface area contributed by atoms with E-state index < -0.39 is 5.97 Å². The molecule has 3 N–H and O–H groups in total. The third kappa shape index (κ3) is 3.32. The second-order valence-corrected chi connectivity index (χ2v) is 6.38. The third-order valence-electron chi connectivity index (χ3n) is 4.98. The van der Waals surface area contributed by atoms with Crippen molar-refractivity contribution in [2.45, 2.75) is 51.4 Å². The quantitative estimate of drug-likeness (QED) is 0.802. The lowest BCUT2D eigenvalue weighted by molar-refractivity contribution is -0.143. The zero-order chi connectivity index (χ0) is 14.6. The van der Waals surface area contributed by atoms with Gasteiger partial charge in [-0.25, -0.2) is 0 Å². The number of carboxylic acid groups (broad SMARTS) is 1. The van der Waals surface area contributed by atoms with E-state index in [9.17, 15) is 9.59 Å². The van der Waals surface area contributed by atoms with Crippen molar-refractivity contribution < 1.29 is 14.7 Å². The number of rotatable bonds is 5. The molecule has 1 saturated carbocycles. The highest BCUT2D eigenvalue weighted by Crippen LogP contribution is 2.39. The summed E-state index contributed by atoms with van der Waals surface area (Å²) in [5.41, 5.74) is 5.56. The van der Waals surface area contributed by atoms with Gasteiger partial charge in [0.05, 0.1) is 5.41 Å². The van der Waals surface area contributed by atoms with E-state index in [-0.39, 0.29) is 17.7 Å². The molecule has 20 heavy (non-hydrogen) atoms. The van der Waals surface area contributed by atoms with Crippen LogP contribution in [0.5, 0.6) is 0 Å². The zero-order valence-electron chi connectivity index (χ0n) is 12.1. The van der Waals surface area contributed by atoms with E-state index in [1.54, 1.807) is 0 Å². The van der Waals surface area contributed by atoms with Crippen LogP contribution >= 0.6 is 0 Å². The Morgan fingerprint density at radius 2 is 1.95 bits per heavy atom. The number of hydrogen-bond donors (Lipinski definition) is 2. The summed E-state index contributed by atoms with van der Waals surface area (Å²) in [4.78, 5) is 25.4. The van der Waals surface area contributed by atoms with Crippen LogP contribution in [0.3, 0.4) is 0 Å². The highest BCUT2D eigenvalue weighted by Gasteiger charge is 2.43. The molecule has 2 fully saturated rings. The Morgan fingerprint density at radius 1 is 1.25 bits per heavy atom. The molecule has 1 unspecified atom stereocenters. The Labute approximate surface area is 120 Å². The molecule has 2 aliphatic rings. The highest BCUT2D eigenvalue weighted by molar-refractivity contribution is 5.83. The molecular weight excluding hydrogens is 256 g/mol. The van der Waals surface area contributed by atoms with Crippen molar-refractivity contribution in [3.05, 3.63) is 0 Å². The molecule has 0 bridgehead atoms. The minimum absolute atomic E-state index is 0.203. The monoisotopic (exact) mass is 282 g/mol. The van der Waals surface area contributed by atoms with E-state index in [1.807, 2.05) is 4.90 Å². The molecular formula is C15H26N2O3. The van der Waals surface area contributed by atoms with Gasteiger partial charge in [-0.15, -0.1) is 0 Å². The van der Waals surface area contributed by atoms with Crippen molar-refractivity contribution in [1.82, 2.24) is 4.90 Å². The molecule has 5 heteroatoms. The number of carbonyl (C=O) groups excluding carboxylic acids is 1. The molecule has 1 atom stereocenters. The van der Waals surface area contributed by atoms with Crippen LogP contribution < -0.4 is 5.73 Å². The molecule has 2 rings (SSSR count). The fourth-order valence-corrected chi connectivity index (χ4v) is 3.71. The summed E-state index contributed by atoms with van der Waals surface area (Å²) in [6.45, 7) is 1.97. The van der Waals surface area contributed by atoms with Crippen LogP contribution in [0.25, 0.3) is 0 Å². The van der Waals surface area contributed by atoms with Gasteiger partial charge >= 0.3 is 5.97 Å². The Morgan fingerprint density at radius 3 is 2.55 bits per heavy atom. The SMILES string of the molecule is NCC1(C(=O)N2CCCC(CCC(=O)O)C2)CCCC1. The molecule has 5 nitrogen and oxygen atoms in total. The molecule has 1 saturated heterocycles. The Bertz CT molecular complexity index is 364. The minimum Gasteiger partial charge on any atom is -0.481 e. The molecule has 0 aromatic heterocycles. The topological polar surface area (TPSA) is 83.6 Å². The van der Waals surface area contributed by atoms with Crippen LogP contribution in [-0.4, -0.2) is 41.5 Å². The third-order valence-corrected chi connectivity index (χ3v) is 4.98. The number of aliphatic carboxylic acids is 1. The maximum atomic E-state index is 12.8. The van der Waals surface area contributed by atoms with Gasteiger partial charge in [0, 0.05) is 26.1 Å². The van der Waals surface area contributed by atoms with Gasteiger partial charge in [-0.05, 0) is 38.0 Å². The normalized spacial score (nSPS) is 25.6. The Kier molecular flexibility index (Phi) is 5.02. The summed E-state index contributed by atoms with van der Waals surface area (Å²) < 4.78 is 0. The van der Waals surface area contributed by atoms with Crippen molar-refractivity contribution in [3.8, 4) is 0 Å². The van der Waals surface area contributed by atoms with Gasteiger partial charge in [0.25, 0.3) is 0 Å². The standard InChI is InChI=1S/C15H26N2O3/c16-11-15(7-1-2-8-15)14(20)17-9-3-4-12(10-17)5-6-13(18)19/h12H,1-11,16H2,(H,18,19). The molecule has 1 aliphatic carbocycles. The number of hydrogen-bond acceptors (Lipinski definition) is 3. The van der Waals surface area contributed by atoms with Crippen LogP contribution in [0.2, 0.25) is 0 Å². The second-order valence-electron chi connectivity index (χ2n) is 6.38. The first-order valence-electron chi connectivity index (χ1n) is 7.79. The molecule has 0 aromatic carbocycles. The number of likely N-dealkylation sites (tertiary alicyclic amines) is 1. The molecule has 0 radical (unpaired) electrons. The smallest absolute Gasteiger partial charge is 0.303 e. The number of carboxylic acids is 1. The summed E-state index contributed by atoms with van der Waals surface area (Å²) in [6, 6.07) is 0. The van der Waals surface area contributed by atoms with Crippen LogP contribution in [0.4, 0.5) is 0 Å². The van der Waals surface area contributed by atoms with Crippen molar-refractivity contribution >= 4 is 11.9 Å². The summed E-state index contributed by atoms with van der Waals surface area (Å²) >= 11 is 0. The minimum atomic E-state index is -0.748. The van der Waals surface area contributed by atoms with E-state index in [2.05, 4.69) is 0 Å². The lowest BCUT2D eigenvalue weighted by atomic mass is 9.83. The van der Waals surface area contributed by atoms with Gasteiger partial charge in [0.1, 0.15) is 0 Å². The zero-order valence-corrected chi connectivity index (χ0v) is 12.1. The van der Waals surface area contributed by atoms with Crippen molar-refractivity contribution in [1.29, 1.82) is 0 Å².